The molecule has 1 rings (SSSR count). The smallest absolute Gasteiger partial charge is 0.314 e. The molecule has 1 aliphatic heterocycles. The molecular weight excluding hydrogens is 266 g/mol. The summed E-state index contributed by atoms with van der Waals surface area (Å²) in [6.07, 6.45) is 3.60. The maximum absolute atomic E-state index is 11.7. The Morgan fingerprint density at radius 1 is 1.43 bits per heavy atom. The fourth-order valence-corrected chi connectivity index (χ4v) is 2.52. The predicted octanol–water partition coefficient (Wildman–Crippen LogP) is 1.81. The van der Waals surface area contributed by atoms with Crippen molar-refractivity contribution in [2.75, 3.05) is 32.7 Å². The number of amides is 2. The lowest BCUT2D eigenvalue weighted by molar-refractivity contribution is 0.0166. The quantitative estimate of drug-likeness (QED) is 0.628. The van der Waals surface area contributed by atoms with Crippen molar-refractivity contribution in [1.82, 2.24) is 15.5 Å². The molecule has 1 saturated heterocycles. The Labute approximate surface area is 129 Å². The van der Waals surface area contributed by atoms with Crippen LogP contribution in [0.1, 0.15) is 47.0 Å². The molecule has 21 heavy (non-hydrogen) atoms. The lowest BCUT2D eigenvalue weighted by Gasteiger charge is -2.30. The summed E-state index contributed by atoms with van der Waals surface area (Å²) in [5.74, 6) is 0.909. The lowest BCUT2D eigenvalue weighted by atomic mass is 9.93. The van der Waals surface area contributed by atoms with Crippen LogP contribution in [0.2, 0.25) is 0 Å². The van der Waals surface area contributed by atoms with Gasteiger partial charge in [-0.25, -0.2) is 4.79 Å². The highest BCUT2D eigenvalue weighted by Crippen LogP contribution is 2.15. The van der Waals surface area contributed by atoms with E-state index in [1.165, 1.54) is 25.9 Å². The minimum absolute atomic E-state index is 0.110. The minimum Gasteiger partial charge on any atom is -0.388 e. The normalized spacial score (nSPS) is 22.9. The molecule has 3 N–H and O–H groups in total. The van der Waals surface area contributed by atoms with Crippen molar-refractivity contribution in [2.45, 2.75) is 52.6 Å². The van der Waals surface area contributed by atoms with E-state index in [9.17, 15) is 9.90 Å². The van der Waals surface area contributed by atoms with Crippen molar-refractivity contribution in [3.05, 3.63) is 0 Å². The highest BCUT2D eigenvalue weighted by atomic mass is 16.3. The number of carbonyl (C=O) groups excluding carboxylic acids is 1. The molecule has 0 aromatic heterocycles. The summed E-state index contributed by atoms with van der Waals surface area (Å²) in [6, 6.07) is -0.192. The molecule has 0 radical (unpaired) electrons. The fraction of sp³-hybridized carbons (Fsp3) is 0.938. The third kappa shape index (κ3) is 7.14. The van der Waals surface area contributed by atoms with Crippen molar-refractivity contribution >= 4 is 6.03 Å². The Morgan fingerprint density at radius 2 is 2.14 bits per heavy atom. The lowest BCUT2D eigenvalue weighted by Crippen LogP contribution is -2.47. The first-order chi connectivity index (χ1) is 9.81. The molecule has 1 heterocycles. The Balaban J connectivity index is 2.08. The van der Waals surface area contributed by atoms with E-state index in [0.29, 0.717) is 6.54 Å². The largest absolute Gasteiger partial charge is 0.388 e. The van der Waals surface area contributed by atoms with E-state index in [1.54, 1.807) is 6.92 Å². The molecule has 0 bridgehead atoms. The van der Waals surface area contributed by atoms with E-state index < -0.39 is 5.60 Å². The summed E-state index contributed by atoms with van der Waals surface area (Å²) in [4.78, 5) is 14.2. The number of piperidine rings is 1. The Hall–Kier alpha value is -0.810. The van der Waals surface area contributed by atoms with Crippen LogP contribution in [0.25, 0.3) is 0 Å². The predicted molar refractivity (Wildman–Crippen MR) is 86.3 cm³/mol. The Morgan fingerprint density at radius 3 is 2.76 bits per heavy atom. The third-order valence-electron chi connectivity index (χ3n) is 4.53. The first-order valence-corrected chi connectivity index (χ1v) is 8.27. The van der Waals surface area contributed by atoms with Crippen LogP contribution < -0.4 is 10.6 Å². The molecule has 0 aliphatic carbocycles. The maximum atomic E-state index is 11.7. The summed E-state index contributed by atoms with van der Waals surface area (Å²) in [5.41, 5.74) is -0.860. The summed E-state index contributed by atoms with van der Waals surface area (Å²) < 4.78 is 0. The number of aliphatic hydroxyl groups is 1. The average molecular weight is 299 g/mol. The summed E-state index contributed by atoms with van der Waals surface area (Å²) in [6.45, 7) is 12.3. The van der Waals surface area contributed by atoms with Crippen molar-refractivity contribution < 1.29 is 9.90 Å². The first kappa shape index (κ1) is 18.2. The topological polar surface area (TPSA) is 64.6 Å². The molecule has 1 aliphatic rings. The van der Waals surface area contributed by atoms with Gasteiger partial charge in [0.2, 0.25) is 0 Å². The van der Waals surface area contributed by atoms with Crippen LogP contribution in [-0.2, 0) is 0 Å². The molecule has 0 spiro atoms. The minimum atomic E-state index is -0.860. The second-order valence-corrected chi connectivity index (χ2v) is 7.02. The molecule has 2 unspecified atom stereocenters. The zero-order valence-electron chi connectivity index (χ0n) is 14.1. The molecule has 124 valence electrons. The van der Waals surface area contributed by atoms with Crippen LogP contribution in [0.15, 0.2) is 0 Å². The Kier molecular flexibility index (Phi) is 7.46. The van der Waals surface area contributed by atoms with E-state index in [0.717, 1.165) is 18.9 Å². The molecule has 5 heteroatoms. The summed E-state index contributed by atoms with van der Waals surface area (Å²) in [7, 11) is 0. The summed E-state index contributed by atoms with van der Waals surface area (Å²) >= 11 is 0. The van der Waals surface area contributed by atoms with Gasteiger partial charge in [-0.05, 0) is 51.1 Å². The number of likely N-dealkylation sites (tertiary alicyclic amines) is 1. The van der Waals surface area contributed by atoms with Crippen LogP contribution >= 0.6 is 0 Å². The van der Waals surface area contributed by atoms with Gasteiger partial charge in [-0.3, -0.25) is 0 Å². The molecular formula is C16H33N3O2. The summed E-state index contributed by atoms with van der Waals surface area (Å²) in [5, 5.41) is 15.7. The van der Waals surface area contributed by atoms with Crippen LogP contribution in [0.5, 0.6) is 0 Å². The molecule has 2 atom stereocenters. The number of nitrogens with one attached hydrogen (secondary N) is 2. The molecule has 2 amide bonds. The molecule has 0 saturated carbocycles. The molecule has 5 nitrogen and oxygen atoms in total. The van der Waals surface area contributed by atoms with E-state index in [2.05, 4.69) is 22.5 Å². The van der Waals surface area contributed by atoms with Crippen molar-refractivity contribution in [3.63, 3.8) is 0 Å². The van der Waals surface area contributed by atoms with Crippen LogP contribution in [0.4, 0.5) is 4.79 Å². The van der Waals surface area contributed by atoms with E-state index in [4.69, 9.17) is 0 Å². The standard InChI is InChI=1S/C16H33N3O2/c1-13(2)16(4,21)12-18-15(20)17-8-6-10-19-9-5-7-14(3)11-19/h13-14,21H,5-12H2,1-4H3,(H2,17,18,20). The third-order valence-corrected chi connectivity index (χ3v) is 4.53. The monoisotopic (exact) mass is 299 g/mol. The molecule has 1 fully saturated rings. The van der Waals surface area contributed by atoms with Gasteiger partial charge in [0.25, 0.3) is 0 Å². The molecule has 0 aromatic rings. The highest BCUT2D eigenvalue weighted by Gasteiger charge is 2.25. The van der Waals surface area contributed by atoms with Crippen LogP contribution in [-0.4, -0.2) is 54.4 Å². The number of rotatable bonds is 7. The number of nitrogens with zero attached hydrogens (tertiary/aromatic N) is 1. The van der Waals surface area contributed by atoms with Crippen LogP contribution in [0, 0.1) is 11.8 Å². The number of carbonyl (C=O) groups is 1. The Bertz CT molecular complexity index is 319. The zero-order valence-corrected chi connectivity index (χ0v) is 14.1. The first-order valence-electron chi connectivity index (χ1n) is 8.27. The molecule has 0 aromatic carbocycles. The van der Waals surface area contributed by atoms with Gasteiger partial charge >= 0.3 is 6.03 Å². The number of hydrogen-bond acceptors (Lipinski definition) is 3. The SMILES string of the molecule is CC1CCCN(CCCNC(=O)NCC(C)(O)C(C)C)C1. The van der Waals surface area contributed by atoms with E-state index in [-0.39, 0.29) is 18.5 Å². The second kappa shape index (κ2) is 8.59. The number of hydrogen-bond donors (Lipinski definition) is 3. The highest BCUT2D eigenvalue weighted by molar-refractivity contribution is 5.73. The van der Waals surface area contributed by atoms with Crippen molar-refractivity contribution in [1.29, 1.82) is 0 Å². The van der Waals surface area contributed by atoms with Gasteiger partial charge in [0.1, 0.15) is 0 Å². The van der Waals surface area contributed by atoms with Gasteiger partial charge in [-0.1, -0.05) is 20.8 Å². The van der Waals surface area contributed by atoms with E-state index in [1.807, 2.05) is 13.8 Å². The van der Waals surface area contributed by atoms with E-state index >= 15 is 0 Å². The number of urea groups is 1. The maximum Gasteiger partial charge on any atom is 0.314 e. The van der Waals surface area contributed by atoms with Gasteiger partial charge in [-0.2, -0.15) is 0 Å². The van der Waals surface area contributed by atoms with Gasteiger partial charge in [0.15, 0.2) is 0 Å². The average Bonchev–Trinajstić information content (AvgIpc) is 2.41. The van der Waals surface area contributed by atoms with Gasteiger partial charge in [0, 0.05) is 19.6 Å². The van der Waals surface area contributed by atoms with Gasteiger partial charge < -0.3 is 20.6 Å². The fourth-order valence-electron chi connectivity index (χ4n) is 2.52. The zero-order chi connectivity index (χ0) is 15.9. The second-order valence-electron chi connectivity index (χ2n) is 7.02. The van der Waals surface area contributed by atoms with Gasteiger partial charge in [-0.15, -0.1) is 0 Å². The van der Waals surface area contributed by atoms with Crippen molar-refractivity contribution in [2.24, 2.45) is 11.8 Å². The van der Waals surface area contributed by atoms with Crippen LogP contribution in [0.3, 0.4) is 0 Å². The van der Waals surface area contributed by atoms with Crippen molar-refractivity contribution in [3.8, 4) is 0 Å². The van der Waals surface area contributed by atoms with Gasteiger partial charge in [0.05, 0.1) is 5.60 Å².